The molecule has 1 rings (SSSR count). The van der Waals surface area contributed by atoms with Crippen molar-refractivity contribution in [3.05, 3.63) is 0 Å². The number of halogens is 1. The largest absolute Gasteiger partial charge is 0.388 e. The maximum Gasteiger partial charge on any atom is 0.101 e. The van der Waals surface area contributed by atoms with Gasteiger partial charge in [-0.2, -0.15) is 0 Å². The second-order valence-corrected chi connectivity index (χ2v) is 2.61. The molecular weight excluding hydrogens is 156 g/mol. The first-order valence-electron chi connectivity index (χ1n) is 3.26. The molecule has 1 fully saturated rings. The van der Waals surface area contributed by atoms with Crippen molar-refractivity contribution in [3.8, 4) is 0 Å². The minimum atomic E-state index is -0.492. The number of ether oxygens (including phenoxy) is 2. The van der Waals surface area contributed by atoms with Gasteiger partial charge in [0.1, 0.15) is 6.10 Å². The fraction of sp³-hybridized carbons (Fsp3) is 1.00. The lowest BCUT2D eigenvalue weighted by Gasteiger charge is -2.09. The molecule has 0 saturated carbocycles. The lowest BCUT2D eigenvalue weighted by molar-refractivity contribution is 0.0229. The van der Waals surface area contributed by atoms with Crippen LogP contribution in [-0.4, -0.2) is 43.0 Å². The summed E-state index contributed by atoms with van der Waals surface area (Å²) in [6.07, 6.45) is -0.549. The van der Waals surface area contributed by atoms with Gasteiger partial charge in [0.15, 0.2) is 0 Å². The van der Waals surface area contributed by atoms with Crippen LogP contribution in [0.25, 0.3) is 0 Å². The Morgan fingerprint density at radius 2 is 2.20 bits per heavy atom. The number of hydrogen-bond donors (Lipinski definition) is 1. The number of rotatable bonds is 1. The van der Waals surface area contributed by atoms with Crippen molar-refractivity contribution in [2.75, 3.05) is 25.7 Å². The van der Waals surface area contributed by atoms with Crippen molar-refractivity contribution in [3.63, 3.8) is 0 Å². The molecule has 0 amide bonds. The molecule has 1 aliphatic rings. The smallest absolute Gasteiger partial charge is 0.101 e. The lowest BCUT2D eigenvalue weighted by Crippen LogP contribution is -2.20. The predicted molar refractivity (Wildman–Crippen MR) is 37.3 cm³/mol. The van der Waals surface area contributed by atoms with Gasteiger partial charge in [0, 0.05) is 0 Å². The average Bonchev–Trinajstić information content (AvgIpc) is 2.14. The molecular formula is C6H11ClO3. The maximum absolute atomic E-state index is 9.01. The third kappa shape index (κ3) is 2.42. The zero-order valence-electron chi connectivity index (χ0n) is 5.62. The molecule has 0 aromatic carbocycles. The van der Waals surface area contributed by atoms with E-state index in [1.807, 2.05) is 0 Å². The highest BCUT2D eigenvalue weighted by Gasteiger charge is 2.16. The topological polar surface area (TPSA) is 38.7 Å². The maximum atomic E-state index is 9.01. The SMILES string of the molecule is O[C@H]1COC[C@H](CCl)OC1. The third-order valence-corrected chi connectivity index (χ3v) is 1.65. The van der Waals surface area contributed by atoms with Crippen molar-refractivity contribution in [1.82, 2.24) is 0 Å². The summed E-state index contributed by atoms with van der Waals surface area (Å²) in [6.45, 7) is 1.17. The Labute approximate surface area is 64.9 Å². The molecule has 1 heterocycles. The molecule has 1 N–H and O–H groups in total. The molecule has 0 aromatic rings. The lowest BCUT2D eigenvalue weighted by atomic mass is 10.4. The van der Waals surface area contributed by atoms with Gasteiger partial charge in [-0.1, -0.05) is 0 Å². The summed E-state index contributed by atoms with van der Waals surface area (Å²) >= 11 is 5.51. The number of hydrogen-bond acceptors (Lipinski definition) is 3. The van der Waals surface area contributed by atoms with Gasteiger partial charge in [-0.3, -0.25) is 0 Å². The van der Waals surface area contributed by atoms with Crippen LogP contribution < -0.4 is 0 Å². The summed E-state index contributed by atoms with van der Waals surface area (Å²) in [6, 6.07) is 0. The highest BCUT2D eigenvalue weighted by atomic mass is 35.5. The summed E-state index contributed by atoms with van der Waals surface area (Å²) in [4.78, 5) is 0. The fourth-order valence-corrected chi connectivity index (χ4v) is 0.946. The molecule has 0 bridgehead atoms. The minimum absolute atomic E-state index is 0.0567. The van der Waals surface area contributed by atoms with Crippen LogP contribution in [0.4, 0.5) is 0 Å². The van der Waals surface area contributed by atoms with Crippen molar-refractivity contribution in [2.24, 2.45) is 0 Å². The normalized spacial score (nSPS) is 35.4. The van der Waals surface area contributed by atoms with E-state index in [0.717, 1.165) is 0 Å². The highest BCUT2D eigenvalue weighted by Crippen LogP contribution is 2.03. The van der Waals surface area contributed by atoms with Crippen molar-refractivity contribution < 1.29 is 14.6 Å². The zero-order chi connectivity index (χ0) is 7.40. The quantitative estimate of drug-likeness (QED) is 0.558. The third-order valence-electron chi connectivity index (χ3n) is 1.31. The molecule has 0 spiro atoms. The van der Waals surface area contributed by atoms with E-state index in [9.17, 15) is 0 Å². The van der Waals surface area contributed by atoms with Gasteiger partial charge in [0.2, 0.25) is 0 Å². The van der Waals surface area contributed by atoms with Crippen LogP contribution in [0.2, 0.25) is 0 Å². The molecule has 0 unspecified atom stereocenters. The first kappa shape index (κ1) is 8.27. The summed E-state index contributed by atoms with van der Waals surface area (Å²) < 4.78 is 10.2. The fourth-order valence-electron chi connectivity index (χ4n) is 0.768. The summed E-state index contributed by atoms with van der Waals surface area (Å²) in [7, 11) is 0. The second kappa shape index (κ2) is 4.13. The molecule has 1 saturated heterocycles. The number of aliphatic hydroxyl groups excluding tert-OH is 1. The Balaban J connectivity index is 2.26. The van der Waals surface area contributed by atoms with Gasteiger partial charge in [-0.15, -0.1) is 11.6 Å². The Hall–Kier alpha value is 0.170. The highest BCUT2D eigenvalue weighted by molar-refractivity contribution is 6.18. The van der Waals surface area contributed by atoms with Crippen LogP contribution in [0.3, 0.4) is 0 Å². The van der Waals surface area contributed by atoms with E-state index < -0.39 is 6.10 Å². The minimum Gasteiger partial charge on any atom is -0.388 e. The van der Waals surface area contributed by atoms with Crippen molar-refractivity contribution >= 4 is 11.6 Å². The van der Waals surface area contributed by atoms with Gasteiger partial charge in [-0.05, 0) is 0 Å². The van der Waals surface area contributed by atoms with Crippen LogP contribution in [0.1, 0.15) is 0 Å². The van der Waals surface area contributed by atoms with Crippen LogP contribution in [0, 0.1) is 0 Å². The van der Waals surface area contributed by atoms with E-state index in [-0.39, 0.29) is 6.10 Å². The Kier molecular flexibility index (Phi) is 3.42. The second-order valence-electron chi connectivity index (χ2n) is 2.30. The van der Waals surface area contributed by atoms with Crippen LogP contribution in [0.15, 0.2) is 0 Å². The van der Waals surface area contributed by atoms with Crippen molar-refractivity contribution in [1.29, 1.82) is 0 Å². The standard InChI is InChI=1S/C6H11ClO3/c7-1-6-4-9-2-5(8)3-10-6/h5-6,8H,1-4H2/t5-,6-/m0/s1. The summed E-state index contributed by atoms with van der Waals surface area (Å²) in [5.41, 5.74) is 0. The first-order valence-corrected chi connectivity index (χ1v) is 3.79. The Morgan fingerprint density at radius 1 is 1.40 bits per heavy atom. The molecule has 0 aliphatic carbocycles. The van der Waals surface area contributed by atoms with Crippen LogP contribution in [0.5, 0.6) is 0 Å². The molecule has 2 atom stereocenters. The van der Waals surface area contributed by atoms with E-state index in [4.69, 9.17) is 26.2 Å². The molecule has 3 nitrogen and oxygen atoms in total. The van der Waals surface area contributed by atoms with E-state index in [1.165, 1.54) is 0 Å². The van der Waals surface area contributed by atoms with Crippen LogP contribution >= 0.6 is 11.6 Å². The average molecular weight is 167 g/mol. The van der Waals surface area contributed by atoms with Gasteiger partial charge in [0.05, 0.1) is 31.8 Å². The van der Waals surface area contributed by atoms with E-state index in [1.54, 1.807) is 0 Å². The number of aliphatic hydroxyl groups is 1. The monoisotopic (exact) mass is 166 g/mol. The molecule has 10 heavy (non-hydrogen) atoms. The molecule has 4 heteroatoms. The molecule has 60 valence electrons. The van der Waals surface area contributed by atoms with Crippen LogP contribution in [-0.2, 0) is 9.47 Å². The van der Waals surface area contributed by atoms with Gasteiger partial charge < -0.3 is 14.6 Å². The van der Waals surface area contributed by atoms with Gasteiger partial charge in [-0.25, -0.2) is 0 Å². The van der Waals surface area contributed by atoms with E-state index in [2.05, 4.69) is 0 Å². The van der Waals surface area contributed by atoms with E-state index >= 15 is 0 Å². The summed E-state index contributed by atoms with van der Waals surface area (Å²) in [5, 5.41) is 9.01. The predicted octanol–water partition coefficient (Wildman–Crippen LogP) is 0.00150. The number of alkyl halides is 1. The Morgan fingerprint density at radius 3 is 2.90 bits per heavy atom. The first-order chi connectivity index (χ1) is 4.83. The molecule has 0 radical (unpaired) electrons. The summed E-state index contributed by atoms with van der Waals surface area (Å²) in [5.74, 6) is 0.423. The van der Waals surface area contributed by atoms with Crippen molar-refractivity contribution in [2.45, 2.75) is 12.2 Å². The molecule has 1 aliphatic heterocycles. The van der Waals surface area contributed by atoms with Gasteiger partial charge >= 0.3 is 0 Å². The van der Waals surface area contributed by atoms with Gasteiger partial charge in [0.25, 0.3) is 0 Å². The zero-order valence-corrected chi connectivity index (χ0v) is 6.38. The Bertz CT molecular complexity index is 99.0. The van der Waals surface area contributed by atoms with E-state index in [0.29, 0.717) is 25.7 Å². The molecule has 0 aromatic heterocycles.